The first-order valence-corrected chi connectivity index (χ1v) is 5.34. The Hall–Kier alpha value is -0.560. The van der Waals surface area contributed by atoms with Crippen molar-refractivity contribution in [3.63, 3.8) is 0 Å². The van der Waals surface area contributed by atoms with E-state index in [1.54, 1.807) is 0 Å². The zero-order valence-corrected chi connectivity index (χ0v) is 9.26. The molecule has 13 heavy (non-hydrogen) atoms. The third-order valence-electron chi connectivity index (χ3n) is 1.82. The molecular formula is C12H14Br. The van der Waals surface area contributed by atoms with Crippen LogP contribution in [0.15, 0.2) is 34.8 Å². The van der Waals surface area contributed by atoms with Gasteiger partial charge in [-0.1, -0.05) is 59.6 Å². The molecule has 0 heterocycles. The van der Waals surface area contributed by atoms with Gasteiger partial charge >= 0.3 is 0 Å². The average Bonchev–Trinajstić information content (AvgIpc) is 2.15. The lowest BCUT2D eigenvalue weighted by molar-refractivity contribution is 0.868. The third-order valence-corrected chi connectivity index (χ3v) is 2.55. The Balaban J connectivity index is 2.53. The first kappa shape index (κ1) is 10.5. The van der Waals surface area contributed by atoms with Crippen LogP contribution in [-0.4, -0.2) is 0 Å². The van der Waals surface area contributed by atoms with Gasteiger partial charge in [-0.2, -0.15) is 0 Å². The molecule has 0 N–H and O–H groups in total. The van der Waals surface area contributed by atoms with Gasteiger partial charge in [0.05, 0.1) is 0 Å². The monoisotopic (exact) mass is 237 g/mol. The summed E-state index contributed by atoms with van der Waals surface area (Å²) in [5.74, 6) is 0. The van der Waals surface area contributed by atoms with Gasteiger partial charge in [-0.3, -0.25) is 0 Å². The minimum absolute atomic E-state index is 1.01. The Labute approximate surface area is 88.8 Å². The lowest BCUT2D eigenvalue weighted by Gasteiger charge is -1.96. The molecule has 1 aromatic carbocycles. The van der Waals surface area contributed by atoms with Crippen LogP contribution in [0.3, 0.4) is 0 Å². The summed E-state index contributed by atoms with van der Waals surface area (Å²) in [6, 6.07) is 8.23. The van der Waals surface area contributed by atoms with E-state index in [0.717, 1.165) is 17.3 Å². The highest BCUT2D eigenvalue weighted by Crippen LogP contribution is 2.17. The summed E-state index contributed by atoms with van der Waals surface area (Å²) in [6.07, 6.45) is 7.65. The second-order valence-electron chi connectivity index (χ2n) is 2.92. The van der Waals surface area contributed by atoms with Crippen LogP contribution in [0.4, 0.5) is 0 Å². The Bertz CT molecular complexity index is 276. The van der Waals surface area contributed by atoms with Crippen LogP contribution < -0.4 is 0 Å². The van der Waals surface area contributed by atoms with Crippen molar-refractivity contribution in [2.24, 2.45) is 0 Å². The van der Waals surface area contributed by atoms with Crippen LogP contribution in [-0.2, 0) is 0 Å². The van der Waals surface area contributed by atoms with E-state index in [1.807, 2.05) is 12.1 Å². The topological polar surface area (TPSA) is 0 Å². The molecule has 0 aliphatic heterocycles. The van der Waals surface area contributed by atoms with Gasteiger partial charge < -0.3 is 0 Å². The van der Waals surface area contributed by atoms with Gasteiger partial charge in [0.2, 0.25) is 0 Å². The van der Waals surface area contributed by atoms with Crippen molar-refractivity contribution in [1.82, 2.24) is 0 Å². The average molecular weight is 238 g/mol. The third kappa shape index (κ3) is 3.77. The van der Waals surface area contributed by atoms with Gasteiger partial charge in [0.15, 0.2) is 0 Å². The number of benzene rings is 1. The van der Waals surface area contributed by atoms with Crippen molar-refractivity contribution >= 4 is 22.0 Å². The minimum Gasteiger partial charge on any atom is -0.0839 e. The van der Waals surface area contributed by atoms with Crippen LogP contribution >= 0.6 is 15.9 Å². The van der Waals surface area contributed by atoms with Crippen molar-refractivity contribution in [3.8, 4) is 0 Å². The maximum Gasteiger partial charge on any atom is 0.0247 e. The molecule has 0 saturated heterocycles. The highest BCUT2D eigenvalue weighted by molar-refractivity contribution is 9.10. The summed E-state index contributed by atoms with van der Waals surface area (Å²) in [6.45, 7) is 3.80. The quantitative estimate of drug-likeness (QED) is 0.679. The summed E-state index contributed by atoms with van der Waals surface area (Å²) >= 11 is 3.50. The molecule has 0 aliphatic carbocycles. The fraction of sp³-hybridized carbons (Fsp3) is 0.250. The van der Waals surface area contributed by atoms with Crippen molar-refractivity contribution in [3.05, 3.63) is 47.3 Å². The van der Waals surface area contributed by atoms with Crippen molar-refractivity contribution in [2.45, 2.75) is 19.3 Å². The summed E-state index contributed by atoms with van der Waals surface area (Å²) in [4.78, 5) is 0. The van der Waals surface area contributed by atoms with Crippen LogP contribution in [0.5, 0.6) is 0 Å². The van der Waals surface area contributed by atoms with Crippen molar-refractivity contribution in [2.75, 3.05) is 0 Å². The van der Waals surface area contributed by atoms with E-state index in [2.05, 4.69) is 47.1 Å². The first-order valence-electron chi connectivity index (χ1n) is 4.55. The molecule has 0 unspecified atom stereocenters. The van der Waals surface area contributed by atoms with Gasteiger partial charge in [0, 0.05) is 4.47 Å². The summed E-state index contributed by atoms with van der Waals surface area (Å²) in [5, 5.41) is 0. The van der Waals surface area contributed by atoms with E-state index in [4.69, 9.17) is 0 Å². The number of rotatable bonds is 4. The van der Waals surface area contributed by atoms with Crippen molar-refractivity contribution in [1.29, 1.82) is 0 Å². The van der Waals surface area contributed by atoms with Crippen LogP contribution in [0.2, 0.25) is 0 Å². The molecule has 0 nitrogen and oxygen atoms in total. The molecule has 0 saturated carbocycles. The number of hydrogen-bond donors (Lipinski definition) is 0. The Morgan fingerprint density at radius 2 is 2.08 bits per heavy atom. The predicted octanol–water partition coefficient (Wildman–Crippen LogP) is 4.47. The summed E-state index contributed by atoms with van der Waals surface area (Å²) in [5.41, 5.74) is 1.24. The largest absolute Gasteiger partial charge is 0.0839 e. The second-order valence-corrected chi connectivity index (χ2v) is 3.77. The second kappa shape index (κ2) is 5.98. The molecule has 1 rings (SSSR count). The fourth-order valence-electron chi connectivity index (χ4n) is 1.08. The first-order chi connectivity index (χ1) is 6.34. The van der Waals surface area contributed by atoms with Crippen molar-refractivity contribution < 1.29 is 0 Å². The minimum atomic E-state index is 1.01. The molecule has 0 fully saturated rings. The zero-order chi connectivity index (χ0) is 9.52. The van der Waals surface area contributed by atoms with Gasteiger partial charge in [0.25, 0.3) is 0 Å². The lowest BCUT2D eigenvalue weighted by atomic mass is 10.2. The Morgan fingerprint density at radius 1 is 1.31 bits per heavy atom. The molecule has 69 valence electrons. The predicted molar refractivity (Wildman–Crippen MR) is 62.4 cm³/mol. The standard InChI is InChI=1S/C12H14Br/c1-2-3-4-5-8-11-9-6-7-10-12(11)13/h5-10H,1-4H2. The number of unbranched alkanes of at least 4 members (excludes halogenated alkanes) is 2. The highest BCUT2D eigenvalue weighted by Gasteiger charge is 1.91. The van der Waals surface area contributed by atoms with Crippen LogP contribution in [0.25, 0.3) is 6.08 Å². The molecule has 0 aromatic heterocycles. The summed E-state index contributed by atoms with van der Waals surface area (Å²) in [7, 11) is 0. The van der Waals surface area contributed by atoms with E-state index < -0.39 is 0 Å². The molecule has 0 aliphatic rings. The molecule has 0 spiro atoms. The van der Waals surface area contributed by atoms with E-state index in [1.165, 1.54) is 12.0 Å². The van der Waals surface area contributed by atoms with Gasteiger partial charge in [-0.25, -0.2) is 0 Å². The van der Waals surface area contributed by atoms with E-state index in [-0.39, 0.29) is 0 Å². The Kier molecular flexibility index (Phi) is 4.84. The van der Waals surface area contributed by atoms with E-state index >= 15 is 0 Å². The number of halogens is 1. The zero-order valence-electron chi connectivity index (χ0n) is 7.67. The smallest absolute Gasteiger partial charge is 0.0247 e. The molecule has 1 aromatic rings. The van der Waals surface area contributed by atoms with Gasteiger partial charge in [-0.05, 0) is 24.5 Å². The lowest BCUT2D eigenvalue weighted by Crippen LogP contribution is -1.73. The van der Waals surface area contributed by atoms with E-state index in [9.17, 15) is 0 Å². The van der Waals surface area contributed by atoms with E-state index in [0.29, 0.717) is 0 Å². The van der Waals surface area contributed by atoms with Gasteiger partial charge in [0.1, 0.15) is 0 Å². The van der Waals surface area contributed by atoms with Crippen LogP contribution in [0, 0.1) is 6.92 Å². The molecule has 0 amide bonds. The fourth-order valence-corrected chi connectivity index (χ4v) is 1.50. The maximum absolute atomic E-state index is 3.80. The molecule has 0 bridgehead atoms. The Morgan fingerprint density at radius 3 is 2.77 bits per heavy atom. The molecule has 0 atom stereocenters. The molecule has 1 heteroatoms. The molecule has 1 radical (unpaired) electrons. The SMILES string of the molecule is [CH2]CCCC=Cc1ccccc1Br. The summed E-state index contributed by atoms with van der Waals surface area (Å²) < 4.78 is 1.15. The number of allylic oxidation sites excluding steroid dienone is 1. The molecular weight excluding hydrogens is 224 g/mol. The normalized spacial score (nSPS) is 10.9. The van der Waals surface area contributed by atoms with Crippen LogP contribution in [0.1, 0.15) is 24.8 Å². The maximum atomic E-state index is 3.80. The number of hydrogen-bond acceptors (Lipinski definition) is 0. The highest BCUT2D eigenvalue weighted by atomic mass is 79.9. The van der Waals surface area contributed by atoms with Gasteiger partial charge in [-0.15, -0.1) is 0 Å².